The highest BCUT2D eigenvalue weighted by atomic mass is 31.0. The first-order valence-electron chi connectivity index (χ1n) is 11.8. The molecule has 0 saturated carbocycles. The number of ketones is 1. The monoisotopic (exact) mass is 520 g/mol. The van der Waals surface area contributed by atoms with Gasteiger partial charge in [-0.3, -0.25) is 28.8 Å². The molecule has 4 aromatic rings. The average molecular weight is 521 g/mol. The van der Waals surface area contributed by atoms with Crippen molar-refractivity contribution in [3.63, 3.8) is 0 Å². The van der Waals surface area contributed by atoms with Gasteiger partial charge in [0, 0.05) is 23.6 Å². The molecule has 2 heterocycles. The van der Waals surface area contributed by atoms with Gasteiger partial charge in [0.05, 0.1) is 19.1 Å². The lowest BCUT2D eigenvalue weighted by molar-refractivity contribution is -0.119. The van der Waals surface area contributed by atoms with E-state index >= 15 is 0 Å². The third-order valence-corrected chi connectivity index (χ3v) is 6.72. The fourth-order valence-corrected chi connectivity index (χ4v) is 4.50. The predicted molar refractivity (Wildman–Crippen MR) is 147 cm³/mol. The maximum atomic E-state index is 13.2. The number of nitrogens with one attached hydrogen (secondary N) is 2. The molecule has 2 aromatic carbocycles. The van der Waals surface area contributed by atoms with E-state index in [9.17, 15) is 19.2 Å². The van der Waals surface area contributed by atoms with Crippen molar-refractivity contribution in [1.82, 2.24) is 19.4 Å². The highest BCUT2D eigenvalue weighted by molar-refractivity contribution is 7.27. The third-order valence-electron chi connectivity index (χ3n) is 6.33. The van der Waals surface area contributed by atoms with Crippen molar-refractivity contribution in [2.45, 2.75) is 32.5 Å². The molecular formula is C26H29N6O4P. The van der Waals surface area contributed by atoms with Gasteiger partial charge in [0.15, 0.2) is 5.78 Å². The van der Waals surface area contributed by atoms with E-state index in [1.807, 2.05) is 48.5 Å². The minimum Gasteiger partial charge on any atom is -0.384 e. The number of rotatable bonds is 10. The number of anilines is 1. The average Bonchev–Trinajstić information content (AvgIpc) is 3.28. The second kappa shape index (κ2) is 10.9. The Hall–Kier alpha value is -4.01. The van der Waals surface area contributed by atoms with Gasteiger partial charge in [0.2, 0.25) is 5.91 Å². The number of aromatic nitrogens is 3. The van der Waals surface area contributed by atoms with E-state index in [1.54, 1.807) is 13.1 Å². The van der Waals surface area contributed by atoms with Gasteiger partial charge in [-0.2, -0.15) is 0 Å². The number of nitrogens with two attached hydrogens (primary N) is 2. The molecule has 0 aliphatic rings. The Morgan fingerprint density at radius 2 is 1.78 bits per heavy atom. The molecule has 0 aliphatic carbocycles. The molecular weight excluding hydrogens is 491 g/mol. The van der Waals surface area contributed by atoms with Crippen LogP contribution in [0, 0.1) is 0 Å². The highest BCUT2D eigenvalue weighted by Gasteiger charge is 2.25. The molecule has 11 heteroatoms. The summed E-state index contributed by atoms with van der Waals surface area (Å²) < 4.78 is 2.19. The Morgan fingerprint density at radius 3 is 2.46 bits per heavy atom. The van der Waals surface area contributed by atoms with E-state index in [0.29, 0.717) is 0 Å². The van der Waals surface area contributed by atoms with Crippen LogP contribution in [0.3, 0.4) is 0 Å². The van der Waals surface area contributed by atoms with Gasteiger partial charge < -0.3 is 16.5 Å². The number of hydrogen-bond donors (Lipinski definition) is 4. The lowest BCUT2D eigenvalue weighted by Gasteiger charge is -2.18. The number of nitrogens with zero attached hydrogens (tertiary/aromatic N) is 2. The fourth-order valence-electron chi connectivity index (χ4n) is 4.31. The van der Waals surface area contributed by atoms with Crippen LogP contribution in [0.2, 0.25) is 0 Å². The molecule has 2 atom stereocenters. The molecule has 2 unspecified atom stereocenters. The van der Waals surface area contributed by atoms with E-state index in [2.05, 4.69) is 19.5 Å². The first-order chi connectivity index (χ1) is 17.7. The number of H-pyrrole nitrogens is 1. The smallest absolute Gasteiger partial charge is 0.332 e. The third kappa shape index (κ3) is 5.40. The van der Waals surface area contributed by atoms with Gasteiger partial charge in [-0.05, 0) is 35.8 Å². The number of carbonyl (C=O) groups excluding carboxylic acids is 2. The van der Waals surface area contributed by atoms with Gasteiger partial charge in [0.1, 0.15) is 11.4 Å². The molecule has 37 heavy (non-hydrogen) atoms. The van der Waals surface area contributed by atoms with Crippen molar-refractivity contribution in [2.75, 3.05) is 12.3 Å². The summed E-state index contributed by atoms with van der Waals surface area (Å²) in [5.74, 6) is -1.49. The molecule has 0 bridgehead atoms. The molecule has 10 nitrogen and oxygen atoms in total. The second-order valence-electron chi connectivity index (χ2n) is 8.74. The van der Waals surface area contributed by atoms with E-state index in [0.717, 1.165) is 31.9 Å². The molecule has 6 N–H and O–H groups in total. The summed E-state index contributed by atoms with van der Waals surface area (Å²) in [6.07, 6.45) is 2.04. The first-order valence-corrected chi connectivity index (χ1v) is 12.4. The number of fused-ring (bicyclic) bond motifs is 1. The normalized spacial score (nSPS) is 12.1. The van der Waals surface area contributed by atoms with Crippen LogP contribution < -0.4 is 33.3 Å². The zero-order chi connectivity index (χ0) is 26.7. The molecule has 1 amide bonds. The first kappa shape index (κ1) is 26.1. The van der Waals surface area contributed by atoms with Crippen molar-refractivity contribution in [3.8, 4) is 0 Å². The van der Waals surface area contributed by atoms with Gasteiger partial charge in [-0.1, -0.05) is 42.5 Å². The number of para-hydroxylation sites is 1. The zero-order valence-corrected chi connectivity index (χ0v) is 21.5. The largest absolute Gasteiger partial charge is 0.384 e. The summed E-state index contributed by atoms with van der Waals surface area (Å²) >= 11 is 0. The molecule has 0 saturated heterocycles. The second-order valence-corrected chi connectivity index (χ2v) is 9.41. The Bertz CT molecular complexity index is 1590. The summed E-state index contributed by atoms with van der Waals surface area (Å²) in [6.45, 7) is 1.44. The van der Waals surface area contributed by atoms with Crippen LogP contribution in [0.1, 0.15) is 28.4 Å². The Morgan fingerprint density at radius 1 is 1.08 bits per heavy atom. The standard InChI is InChI=1S/C26H29N6O4P/c1-2-31-25(35)22(23(27)32(26(31)36)14-15-7-9-17(37)10-8-15)21(33)13-30-20(24(28)34)11-16-12-29-19-6-4-3-5-18(16)19/h3-10,12,20,29-30H,2,11,13-14,27,37H2,1H3,(H2,28,34). The van der Waals surface area contributed by atoms with Crippen LogP contribution in [0.5, 0.6) is 0 Å². The zero-order valence-electron chi connectivity index (χ0n) is 20.4. The van der Waals surface area contributed by atoms with Crippen LogP contribution in [-0.2, 0) is 24.3 Å². The number of hydrogen-bond acceptors (Lipinski definition) is 6. The number of Topliss-reactive ketones (excluding diaryl/α,β-unsaturated/α-hetero) is 1. The molecule has 2 aromatic heterocycles. The topological polar surface area (TPSA) is 158 Å². The van der Waals surface area contributed by atoms with Crippen LogP contribution >= 0.6 is 9.24 Å². The summed E-state index contributed by atoms with van der Waals surface area (Å²) in [6, 6.07) is 14.2. The fraction of sp³-hybridized carbons (Fsp3) is 0.231. The van der Waals surface area contributed by atoms with Crippen molar-refractivity contribution < 1.29 is 9.59 Å². The van der Waals surface area contributed by atoms with Crippen molar-refractivity contribution in [3.05, 3.63) is 92.3 Å². The predicted octanol–water partition coefficient (Wildman–Crippen LogP) is 0.511. The van der Waals surface area contributed by atoms with E-state index in [4.69, 9.17) is 11.5 Å². The number of primary amides is 1. The van der Waals surface area contributed by atoms with Crippen LogP contribution in [-0.4, -0.2) is 38.4 Å². The highest BCUT2D eigenvalue weighted by Crippen LogP contribution is 2.19. The SMILES string of the molecule is CCn1c(=O)c(C(=O)CNC(Cc2c[nH]c3ccccc23)C(N)=O)c(N)n(Cc2ccc(P)cc2)c1=O. The van der Waals surface area contributed by atoms with E-state index in [-0.39, 0.29) is 37.4 Å². The number of aromatic amines is 1. The molecule has 192 valence electrons. The molecule has 0 aliphatic heterocycles. The quantitative estimate of drug-likeness (QED) is 0.176. The van der Waals surface area contributed by atoms with E-state index < -0.39 is 29.0 Å². The Kier molecular flexibility index (Phi) is 7.71. The van der Waals surface area contributed by atoms with Gasteiger partial charge in [0.25, 0.3) is 5.56 Å². The summed E-state index contributed by atoms with van der Waals surface area (Å²) in [5.41, 5.74) is 12.7. The Balaban J connectivity index is 1.61. The molecule has 0 spiro atoms. The van der Waals surface area contributed by atoms with Gasteiger partial charge in [-0.25, -0.2) is 4.79 Å². The number of amides is 1. The number of benzene rings is 2. The maximum absolute atomic E-state index is 13.2. The number of nitrogen functional groups attached to an aromatic ring is 1. The minimum absolute atomic E-state index is 0.0701. The summed E-state index contributed by atoms with van der Waals surface area (Å²) in [4.78, 5) is 54.6. The van der Waals surface area contributed by atoms with Crippen molar-refractivity contribution in [2.24, 2.45) is 5.73 Å². The van der Waals surface area contributed by atoms with Crippen molar-refractivity contribution in [1.29, 1.82) is 0 Å². The summed E-state index contributed by atoms with van der Waals surface area (Å²) in [7, 11) is 2.58. The maximum Gasteiger partial charge on any atom is 0.332 e. The minimum atomic E-state index is -0.867. The Labute approximate surface area is 214 Å². The molecule has 4 rings (SSSR count). The van der Waals surface area contributed by atoms with E-state index in [1.165, 1.54) is 4.57 Å². The van der Waals surface area contributed by atoms with Gasteiger partial charge in [-0.15, -0.1) is 9.24 Å². The lowest BCUT2D eigenvalue weighted by atomic mass is 10.0. The molecule has 0 fully saturated rings. The summed E-state index contributed by atoms with van der Waals surface area (Å²) in [5, 5.41) is 4.79. The molecule has 0 radical (unpaired) electrons. The van der Waals surface area contributed by atoms with Crippen LogP contribution in [0.15, 0.2) is 64.3 Å². The van der Waals surface area contributed by atoms with Crippen LogP contribution in [0.25, 0.3) is 10.9 Å². The lowest BCUT2D eigenvalue weighted by Crippen LogP contribution is -2.48. The van der Waals surface area contributed by atoms with Crippen molar-refractivity contribution >= 4 is 43.0 Å². The van der Waals surface area contributed by atoms with Gasteiger partial charge >= 0.3 is 5.69 Å². The number of carbonyl (C=O) groups is 2. The van der Waals surface area contributed by atoms with Crippen LogP contribution in [0.4, 0.5) is 5.82 Å².